The SMILES string of the molecule is Cc1nc(N2CCCC2)nc(C)c1NC(=O)Cc1ccc(C(F)(F)F)cc1. The number of aryl methyl sites for hydroxylation is 2. The molecule has 1 aliphatic heterocycles. The largest absolute Gasteiger partial charge is 0.416 e. The number of carbonyl (C=O) groups is 1. The molecule has 5 nitrogen and oxygen atoms in total. The molecule has 0 radical (unpaired) electrons. The summed E-state index contributed by atoms with van der Waals surface area (Å²) in [5.74, 6) is 0.349. The Hall–Kier alpha value is -2.64. The summed E-state index contributed by atoms with van der Waals surface area (Å²) >= 11 is 0. The minimum atomic E-state index is -4.39. The summed E-state index contributed by atoms with van der Waals surface area (Å²) in [4.78, 5) is 23.4. The lowest BCUT2D eigenvalue weighted by Gasteiger charge is -2.18. The van der Waals surface area contributed by atoms with E-state index >= 15 is 0 Å². The summed E-state index contributed by atoms with van der Waals surface area (Å²) in [5.41, 5.74) is 1.67. The van der Waals surface area contributed by atoms with Crippen LogP contribution in [0.2, 0.25) is 0 Å². The number of halogens is 3. The molecule has 1 aromatic carbocycles. The molecule has 3 rings (SSSR count). The maximum Gasteiger partial charge on any atom is 0.416 e. The topological polar surface area (TPSA) is 58.1 Å². The van der Waals surface area contributed by atoms with Gasteiger partial charge in [0.15, 0.2) is 0 Å². The molecule has 27 heavy (non-hydrogen) atoms. The van der Waals surface area contributed by atoms with Gasteiger partial charge in [0.2, 0.25) is 11.9 Å². The predicted molar refractivity (Wildman–Crippen MR) is 96.7 cm³/mol. The third-order valence-corrected chi connectivity index (χ3v) is 4.56. The van der Waals surface area contributed by atoms with Crippen LogP contribution in [0.15, 0.2) is 24.3 Å². The van der Waals surface area contributed by atoms with Gasteiger partial charge in [-0.15, -0.1) is 0 Å². The van der Waals surface area contributed by atoms with Crippen molar-refractivity contribution in [3.05, 3.63) is 46.8 Å². The summed E-state index contributed by atoms with van der Waals surface area (Å²) in [6.07, 6.45) is -2.17. The summed E-state index contributed by atoms with van der Waals surface area (Å²) in [7, 11) is 0. The Morgan fingerprint density at radius 3 is 2.15 bits per heavy atom. The second-order valence-corrected chi connectivity index (χ2v) is 6.68. The summed E-state index contributed by atoms with van der Waals surface area (Å²) < 4.78 is 37.8. The average molecular weight is 378 g/mol. The molecule has 0 atom stereocenters. The molecule has 1 aliphatic rings. The molecule has 1 saturated heterocycles. The Bertz CT molecular complexity index is 805. The van der Waals surface area contributed by atoms with Gasteiger partial charge in [0.1, 0.15) is 0 Å². The predicted octanol–water partition coefficient (Wildman–Crippen LogP) is 3.89. The van der Waals surface area contributed by atoms with Crippen LogP contribution in [0.5, 0.6) is 0 Å². The van der Waals surface area contributed by atoms with Crippen LogP contribution in [0.1, 0.15) is 35.4 Å². The third kappa shape index (κ3) is 4.56. The molecule has 0 bridgehead atoms. The van der Waals surface area contributed by atoms with Crippen LogP contribution in [-0.2, 0) is 17.4 Å². The normalized spacial score (nSPS) is 14.5. The molecule has 2 aromatic rings. The summed E-state index contributed by atoms with van der Waals surface area (Å²) in [5, 5.41) is 2.78. The van der Waals surface area contributed by atoms with Crippen molar-refractivity contribution in [3.8, 4) is 0 Å². The van der Waals surface area contributed by atoms with Crippen molar-refractivity contribution in [1.82, 2.24) is 9.97 Å². The van der Waals surface area contributed by atoms with Gasteiger partial charge in [0.25, 0.3) is 0 Å². The van der Waals surface area contributed by atoms with Crippen LogP contribution in [-0.4, -0.2) is 29.0 Å². The van der Waals surface area contributed by atoms with Crippen molar-refractivity contribution in [2.75, 3.05) is 23.3 Å². The van der Waals surface area contributed by atoms with E-state index < -0.39 is 11.7 Å². The molecule has 0 spiro atoms. The molecule has 144 valence electrons. The van der Waals surface area contributed by atoms with Crippen molar-refractivity contribution in [2.45, 2.75) is 39.3 Å². The molecular weight excluding hydrogens is 357 g/mol. The van der Waals surface area contributed by atoms with E-state index in [9.17, 15) is 18.0 Å². The van der Waals surface area contributed by atoms with Crippen molar-refractivity contribution in [2.24, 2.45) is 0 Å². The molecular formula is C19H21F3N4O. The van der Waals surface area contributed by atoms with E-state index in [1.54, 1.807) is 0 Å². The van der Waals surface area contributed by atoms with Gasteiger partial charge >= 0.3 is 6.18 Å². The Kier molecular flexibility index (Phi) is 5.34. The average Bonchev–Trinajstić information content (AvgIpc) is 3.12. The van der Waals surface area contributed by atoms with E-state index in [1.165, 1.54) is 12.1 Å². The van der Waals surface area contributed by atoms with Crippen LogP contribution in [0, 0.1) is 13.8 Å². The van der Waals surface area contributed by atoms with Gasteiger partial charge < -0.3 is 10.2 Å². The first-order chi connectivity index (χ1) is 12.7. The number of nitrogens with one attached hydrogen (secondary N) is 1. The first-order valence-electron chi connectivity index (χ1n) is 8.80. The van der Waals surface area contributed by atoms with Crippen LogP contribution in [0.4, 0.5) is 24.8 Å². The Balaban J connectivity index is 1.68. The highest BCUT2D eigenvalue weighted by Gasteiger charge is 2.30. The number of rotatable bonds is 4. The Morgan fingerprint density at radius 1 is 1.07 bits per heavy atom. The van der Waals surface area contributed by atoms with Crippen LogP contribution in [0.25, 0.3) is 0 Å². The van der Waals surface area contributed by atoms with Gasteiger partial charge in [-0.1, -0.05) is 12.1 Å². The fraction of sp³-hybridized carbons (Fsp3) is 0.421. The lowest BCUT2D eigenvalue weighted by molar-refractivity contribution is -0.137. The zero-order chi connectivity index (χ0) is 19.6. The zero-order valence-electron chi connectivity index (χ0n) is 15.2. The van der Waals surface area contributed by atoms with Crippen molar-refractivity contribution in [3.63, 3.8) is 0 Å². The van der Waals surface area contributed by atoms with Gasteiger partial charge in [-0.3, -0.25) is 4.79 Å². The lowest BCUT2D eigenvalue weighted by atomic mass is 10.1. The highest BCUT2D eigenvalue weighted by Crippen LogP contribution is 2.29. The second-order valence-electron chi connectivity index (χ2n) is 6.68. The van der Waals surface area contributed by atoms with Gasteiger partial charge in [-0.05, 0) is 44.4 Å². The summed E-state index contributed by atoms with van der Waals surface area (Å²) in [6, 6.07) is 4.59. The molecule has 0 saturated carbocycles. The van der Waals surface area contributed by atoms with E-state index in [1.807, 2.05) is 13.8 Å². The number of hydrogen-bond donors (Lipinski definition) is 1. The highest BCUT2D eigenvalue weighted by atomic mass is 19.4. The van der Waals surface area contributed by atoms with E-state index in [0.29, 0.717) is 28.6 Å². The zero-order valence-corrected chi connectivity index (χ0v) is 15.2. The minimum Gasteiger partial charge on any atom is -0.341 e. The number of aromatic nitrogens is 2. The number of nitrogens with zero attached hydrogens (tertiary/aromatic N) is 3. The van der Waals surface area contributed by atoms with E-state index in [2.05, 4.69) is 20.2 Å². The Labute approximate surface area is 155 Å². The molecule has 1 amide bonds. The van der Waals surface area contributed by atoms with Gasteiger partial charge in [0, 0.05) is 13.1 Å². The molecule has 1 N–H and O–H groups in total. The number of carbonyl (C=O) groups excluding carboxylic acids is 1. The van der Waals surface area contributed by atoms with Crippen LogP contribution >= 0.6 is 0 Å². The highest BCUT2D eigenvalue weighted by molar-refractivity contribution is 5.93. The van der Waals surface area contributed by atoms with Gasteiger partial charge in [0.05, 0.1) is 29.1 Å². The van der Waals surface area contributed by atoms with Crippen molar-refractivity contribution >= 4 is 17.5 Å². The number of benzene rings is 1. The third-order valence-electron chi connectivity index (χ3n) is 4.56. The minimum absolute atomic E-state index is 0.0229. The maximum absolute atomic E-state index is 12.6. The number of anilines is 2. The smallest absolute Gasteiger partial charge is 0.341 e. The lowest BCUT2D eigenvalue weighted by Crippen LogP contribution is -2.23. The van der Waals surface area contributed by atoms with Crippen molar-refractivity contribution in [1.29, 1.82) is 0 Å². The second kappa shape index (κ2) is 7.54. The molecule has 8 heteroatoms. The van der Waals surface area contributed by atoms with E-state index in [4.69, 9.17) is 0 Å². The summed E-state index contributed by atoms with van der Waals surface area (Å²) in [6.45, 7) is 5.47. The first-order valence-corrected chi connectivity index (χ1v) is 8.80. The molecule has 0 aliphatic carbocycles. The quantitative estimate of drug-likeness (QED) is 0.877. The fourth-order valence-electron chi connectivity index (χ4n) is 3.12. The monoisotopic (exact) mass is 378 g/mol. The number of alkyl halides is 3. The molecule has 0 unspecified atom stereocenters. The molecule has 1 fully saturated rings. The number of amides is 1. The van der Waals surface area contributed by atoms with E-state index in [-0.39, 0.29) is 12.3 Å². The van der Waals surface area contributed by atoms with Crippen LogP contribution in [0.3, 0.4) is 0 Å². The van der Waals surface area contributed by atoms with Gasteiger partial charge in [-0.2, -0.15) is 13.2 Å². The molecule has 2 heterocycles. The first kappa shape index (κ1) is 19.1. The molecule has 1 aromatic heterocycles. The van der Waals surface area contributed by atoms with Crippen LogP contribution < -0.4 is 10.2 Å². The fourth-order valence-corrected chi connectivity index (χ4v) is 3.12. The Morgan fingerprint density at radius 2 is 1.63 bits per heavy atom. The number of hydrogen-bond acceptors (Lipinski definition) is 4. The van der Waals surface area contributed by atoms with Gasteiger partial charge in [-0.25, -0.2) is 9.97 Å². The maximum atomic E-state index is 12.6. The van der Waals surface area contributed by atoms with Crippen molar-refractivity contribution < 1.29 is 18.0 Å². The van der Waals surface area contributed by atoms with E-state index in [0.717, 1.165) is 38.1 Å². The standard InChI is InChI=1S/C19H21F3N4O/c1-12-17(13(2)24-18(23-12)26-9-3-4-10-26)25-16(27)11-14-5-7-15(8-6-14)19(20,21)22/h5-8H,3-4,9-11H2,1-2H3,(H,25,27).